The van der Waals surface area contributed by atoms with E-state index >= 15 is 0 Å². The largest absolute Gasteiger partial charge is 0.465 e. The fraction of sp³-hybridized carbons (Fsp3) is 0.273. The molecule has 0 aromatic heterocycles. The van der Waals surface area contributed by atoms with E-state index in [1.807, 2.05) is 0 Å². The standard InChI is InChI=1S/C11H14N2O3/c1-7(12)10(14)13-9-6-4-3-5-8(9)11(15)16-2/h3-7H,12H2,1-2H3,(H,13,14)/t7-/m1/s1. The van der Waals surface area contributed by atoms with Gasteiger partial charge in [-0.15, -0.1) is 0 Å². The summed E-state index contributed by atoms with van der Waals surface area (Å²) in [5, 5.41) is 2.56. The van der Waals surface area contributed by atoms with E-state index in [1.165, 1.54) is 7.11 Å². The van der Waals surface area contributed by atoms with Crippen LogP contribution in [0.5, 0.6) is 0 Å². The Labute approximate surface area is 93.6 Å². The van der Waals surface area contributed by atoms with Crippen LogP contribution in [0.4, 0.5) is 5.69 Å². The number of benzene rings is 1. The molecule has 1 aromatic carbocycles. The van der Waals surface area contributed by atoms with E-state index in [4.69, 9.17) is 5.73 Å². The summed E-state index contributed by atoms with van der Waals surface area (Å²) in [6.07, 6.45) is 0. The van der Waals surface area contributed by atoms with Crippen molar-refractivity contribution in [2.75, 3.05) is 12.4 Å². The molecule has 16 heavy (non-hydrogen) atoms. The zero-order valence-electron chi connectivity index (χ0n) is 9.19. The SMILES string of the molecule is COC(=O)c1ccccc1NC(=O)[C@@H](C)N. The molecule has 1 rings (SSSR count). The highest BCUT2D eigenvalue weighted by molar-refractivity contribution is 6.02. The monoisotopic (exact) mass is 222 g/mol. The summed E-state index contributed by atoms with van der Waals surface area (Å²) in [4.78, 5) is 22.8. The Kier molecular flexibility index (Phi) is 4.02. The van der Waals surface area contributed by atoms with E-state index in [0.29, 0.717) is 11.3 Å². The molecule has 0 aliphatic rings. The third-order valence-electron chi connectivity index (χ3n) is 2.00. The van der Waals surface area contributed by atoms with Gasteiger partial charge in [0.05, 0.1) is 24.4 Å². The Morgan fingerprint density at radius 3 is 2.56 bits per heavy atom. The lowest BCUT2D eigenvalue weighted by molar-refractivity contribution is -0.117. The Bertz CT molecular complexity index is 402. The summed E-state index contributed by atoms with van der Waals surface area (Å²) in [6.45, 7) is 1.57. The topological polar surface area (TPSA) is 81.4 Å². The first-order valence-electron chi connectivity index (χ1n) is 4.80. The lowest BCUT2D eigenvalue weighted by atomic mass is 10.1. The van der Waals surface area contributed by atoms with Crippen LogP contribution in [0.3, 0.4) is 0 Å². The minimum Gasteiger partial charge on any atom is -0.465 e. The molecule has 0 radical (unpaired) electrons. The molecular weight excluding hydrogens is 208 g/mol. The summed E-state index contributed by atoms with van der Waals surface area (Å²) in [6, 6.07) is 5.96. The van der Waals surface area contributed by atoms with Gasteiger partial charge in [-0.3, -0.25) is 4.79 Å². The van der Waals surface area contributed by atoms with Crippen molar-refractivity contribution in [1.29, 1.82) is 0 Å². The molecule has 3 N–H and O–H groups in total. The molecule has 5 heteroatoms. The summed E-state index contributed by atoms with van der Waals surface area (Å²) in [5.74, 6) is -0.850. The second kappa shape index (κ2) is 5.27. The molecule has 0 aliphatic carbocycles. The van der Waals surface area contributed by atoms with Crippen molar-refractivity contribution in [3.05, 3.63) is 29.8 Å². The molecule has 0 heterocycles. The predicted octanol–water partition coefficient (Wildman–Crippen LogP) is 0.759. The Balaban J connectivity index is 2.95. The number of hydrogen-bond acceptors (Lipinski definition) is 4. The molecule has 1 aromatic rings. The van der Waals surface area contributed by atoms with Gasteiger partial charge >= 0.3 is 5.97 Å². The van der Waals surface area contributed by atoms with Gasteiger partial charge in [-0.1, -0.05) is 12.1 Å². The maximum atomic E-state index is 11.4. The van der Waals surface area contributed by atoms with Gasteiger partial charge in [0.25, 0.3) is 0 Å². The quantitative estimate of drug-likeness (QED) is 0.740. The van der Waals surface area contributed by atoms with Crippen molar-refractivity contribution < 1.29 is 14.3 Å². The molecule has 1 amide bonds. The molecule has 0 unspecified atom stereocenters. The maximum absolute atomic E-state index is 11.4. The molecule has 0 spiro atoms. The number of nitrogens with two attached hydrogens (primary N) is 1. The van der Waals surface area contributed by atoms with Crippen LogP contribution in [0.15, 0.2) is 24.3 Å². The number of rotatable bonds is 3. The van der Waals surface area contributed by atoms with Gasteiger partial charge in [0.1, 0.15) is 0 Å². The summed E-state index contributed by atoms with van der Waals surface area (Å²) in [7, 11) is 1.28. The normalized spacial score (nSPS) is 11.7. The highest BCUT2D eigenvalue weighted by Gasteiger charge is 2.14. The second-order valence-electron chi connectivity index (χ2n) is 3.32. The van der Waals surface area contributed by atoms with Crippen molar-refractivity contribution in [1.82, 2.24) is 0 Å². The van der Waals surface area contributed by atoms with Gasteiger partial charge in [0, 0.05) is 0 Å². The minimum atomic E-state index is -0.634. The average molecular weight is 222 g/mol. The molecule has 86 valence electrons. The van der Waals surface area contributed by atoms with E-state index in [1.54, 1.807) is 31.2 Å². The van der Waals surface area contributed by atoms with Crippen LogP contribution in [-0.4, -0.2) is 25.0 Å². The maximum Gasteiger partial charge on any atom is 0.339 e. The Morgan fingerprint density at radius 1 is 1.38 bits per heavy atom. The fourth-order valence-corrected chi connectivity index (χ4v) is 1.13. The van der Waals surface area contributed by atoms with Gasteiger partial charge in [-0.25, -0.2) is 4.79 Å². The molecule has 1 atom stereocenters. The highest BCUT2D eigenvalue weighted by atomic mass is 16.5. The summed E-state index contributed by atoms with van der Waals surface area (Å²) in [5.41, 5.74) is 6.12. The van der Waals surface area contributed by atoms with Crippen LogP contribution < -0.4 is 11.1 Å². The Morgan fingerprint density at radius 2 is 2.00 bits per heavy atom. The smallest absolute Gasteiger partial charge is 0.339 e. The number of hydrogen-bond donors (Lipinski definition) is 2. The van der Waals surface area contributed by atoms with Crippen molar-refractivity contribution in [2.24, 2.45) is 5.73 Å². The molecule has 0 saturated carbocycles. The molecule has 0 saturated heterocycles. The van der Waals surface area contributed by atoms with Crippen LogP contribution in [0.1, 0.15) is 17.3 Å². The van der Waals surface area contributed by atoms with E-state index in [-0.39, 0.29) is 5.91 Å². The van der Waals surface area contributed by atoms with Gasteiger partial charge in [0.15, 0.2) is 0 Å². The van der Waals surface area contributed by atoms with Crippen molar-refractivity contribution in [2.45, 2.75) is 13.0 Å². The Hall–Kier alpha value is -1.88. The number of para-hydroxylation sites is 1. The number of anilines is 1. The van der Waals surface area contributed by atoms with Crippen LogP contribution in [0.25, 0.3) is 0 Å². The number of methoxy groups -OCH3 is 1. The number of carbonyl (C=O) groups is 2. The molecular formula is C11H14N2O3. The van der Waals surface area contributed by atoms with Crippen molar-refractivity contribution in [3.63, 3.8) is 0 Å². The van der Waals surface area contributed by atoms with E-state index < -0.39 is 12.0 Å². The highest BCUT2D eigenvalue weighted by Crippen LogP contribution is 2.15. The first-order valence-corrected chi connectivity index (χ1v) is 4.80. The van der Waals surface area contributed by atoms with Crippen LogP contribution in [0.2, 0.25) is 0 Å². The number of esters is 1. The van der Waals surface area contributed by atoms with Gasteiger partial charge in [0.2, 0.25) is 5.91 Å². The summed E-state index contributed by atoms with van der Waals surface area (Å²) < 4.78 is 4.60. The first-order chi connectivity index (χ1) is 7.56. The number of amides is 1. The van der Waals surface area contributed by atoms with Gasteiger partial charge < -0.3 is 15.8 Å². The van der Waals surface area contributed by atoms with Crippen molar-refractivity contribution in [3.8, 4) is 0 Å². The molecule has 0 bridgehead atoms. The lowest BCUT2D eigenvalue weighted by Crippen LogP contribution is -2.33. The van der Waals surface area contributed by atoms with E-state index in [0.717, 1.165) is 0 Å². The van der Waals surface area contributed by atoms with Gasteiger partial charge in [-0.2, -0.15) is 0 Å². The third kappa shape index (κ3) is 2.80. The van der Waals surface area contributed by atoms with E-state index in [9.17, 15) is 9.59 Å². The van der Waals surface area contributed by atoms with Gasteiger partial charge in [-0.05, 0) is 19.1 Å². The average Bonchev–Trinajstić information content (AvgIpc) is 2.28. The van der Waals surface area contributed by atoms with Crippen LogP contribution in [0, 0.1) is 0 Å². The fourth-order valence-electron chi connectivity index (χ4n) is 1.13. The zero-order valence-corrected chi connectivity index (χ0v) is 9.19. The second-order valence-corrected chi connectivity index (χ2v) is 3.32. The number of ether oxygens (including phenoxy) is 1. The van der Waals surface area contributed by atoms with Crippen LogP contribution in [-0.2, 0) is 9.53 Å². The third-order valence-corrected chi connectivity index (χ3v) is 2.00. The number of carbonyl (C=O) groups excluding carboxylic acids is 2. The van der Waals surface area contributed by atoms with E-state index in [2.05, 4.69) is 10.1 Å². The minimum absolute atomic E-state index is 0.305. The first kappa shape index (κ1) is 12.2. The molecule has 0 aliphatic heterocycles. The zero-order chi connectivity index (χ0) is 12.1. The molecule has 0 fully saturated rings. The molecule has 5 nitrogen and oxygen atoms in total. The predicted molar refractivity (Wildman–Crippen MR) is 60.1 cm³/mol. The van der Waals surface area contributed by atoms with Crippen molar-refractivity contribution >= 4 is 17.6 Å². The summed E-state index contributed by atoms with van der Waals surface area (Å²) >= 11 is 0. The lowest BCUT2D eigenvalue weighted by Gasteiger charge is -2.10. The number of nitrogens with one attached hydrogen (secondary N) is 1. The van der Waals surface area contributed by atoms with Crippen LogP contribution >= 0.6 is 0 Å².